The largest absolute Gasteiger partial charge is 0.435 e. The lowest BCUT2D eigenvalue weighted by Gasteiger charge is -2.44. The first-order valence-electron chi connectivity index (χ1n) is 13.8. The minimum Gasteiger partial charge on any atom is -0.381 e. The zero-order valence-corrected chi connectivity index (χ0v) is 23.8. The van der Waals surface area contributed by atoms with Crippen molar-refractivity contribution >= 4 is 15.7 Å². The molecule has 2 fully saturated rings. The number of benzene rings is 2. The summed E-state index contributed by atoms with van der Waals surface area (Å²) in [5.74, 6) is -1.56. The van der Waals surface area contributed by atoms with Crippen LogP contribution in [-0.2, 0) is 36.2 Å². The zero-order valence-electron chi connectivity index (χ0n) is 22.9. The molecule has 0 N–H and O–H groups in total. The molecule has 2 aromatic rings. The van der Waals surface area contributed by atoms with Gasteiger partial charge in [-0.1, -0.05) is 25.1 Å². The number of ether oxygens (including phenoxy) is 1. The van der Waals surface area contributed by atoms with Crippen LogP contribution in [0.2, 0.25) is 0 Å². The van der Waals surface area contributed by atoms with E-state index in [1.165, 1.54) is 4.90 Å². The van der Waals surface area contributed by atoms with Gasteiger partial charge in [-0.2, -0.15) is 26.3 Å². The fourth-order valence-corrected chi connectivity index (χ4v) is 9.36. The maximum absolute atomic E-state index is 15.0. The topological polar surface area (TPSA) is 63.7 Å². The second-order valence-electron chi connectivity index (χ2n) is 11.4. The molecule has 3 aliphatic rings. The van der Waals surface area contributed by atoms with Gasteiger partial charge in [0.15, 0.2) is 9.84 Å². The van der Waals surface area contributed by atoms with E-state index >= 15 is 0 Å². The van der Waals surface area contributed by atoms with E-state index in [1.807, 2.05) is 0 Å². The number of carbonyl (C=O) groups is 1. The zero-order chi connectivity index (χ0) is 31.6. The summed E-state index contributed by atoms with van der Waals surface area (Å²) in [5.41, 5.74) is -7.69. The van der Waals surface area contributed by atoms with Crippen LogP contribution >= 0.6 is 0 Å². The Bertz CT molecular complexity index is 1470. The third-order valence-electron chi connectivity index (χ3n) is 9.32. The molecule has 43 heavy (non-hydrogen) atoms. The minimum atomic E-state index is -6.34. The van der Waals surface area contributed by atoms with Gasteiger partial charge in [-0.3, -0.25) is 4.79 Å². The highest BCUT2D eigenvalue weighted by atomic mass is 32.2. The molecular weight excluding hydrogens is 610 g/mol. The van der Waals surface area contributed by atoms with Crippen molar-refractivity contribution in [2.24, 2.45) is 11.8 Å². The molecule has 5 rings (SSSR count). The molecule has 1 amide bonds. The number of halogens is 8. The molecule has 5 nitrogen and oxygen atoms in total. The number of likely N-dealkylation sites (tertiary alicyclic amines) is 1. The predicted octanol–water partition coefficient (Wildman–Crippen LogP) is 6.39. The highest BCUT2D eigenvalue weighted by Crippen LogP contribution is 2.57. The SMILES string of the molecule is CC(C(=O)N1CC[C@@]2(S(=O)(=O)c3ccc(F)cc3)c3ccc(C(F)(C(F)(F)F)C(F)(F)F)cc3CC[C@@H]12)C1CCOCC1. The summed E-state index contributed by atoms with van der Waals surface area (Å²) in [4.78, 5) is 14.9. The average molecular weight is 640 g/mol. The number of hydrogen-bond donors (Lipinski definition) is 0. The number of aryl methyl sites for hydroxylation is 1. The molecular formula is C29H29F8NO4S. The van der Waals surface area contributed by atoms with E-state index in [0.717, 1.165) is 30.3 Å². The van der Waals surface area contributed by atoms with E-state index in [9.17, 15) is 48.3 Å². The van der Waals surface area contributed by atoms with E-state index in [2.05, 4.69) is 0 Å². The first-order valence-corrected chi connectivity index (χ1v) is 15.3. The lowest BCUT2D eigenvalue weighted by atomic mass is 9.76. The molecule has 0 spiro atoms. The van der Waals surface area contributed by atoms with Crippen LogP contribution in [0.5, 0.6) is 0 Å². The third-order valence-corrected chi connectivity index (χ3v) is 11.9. The Labute approximate surface area is 243 Å². The molecule has 0 saturated carbocycles. The molecule has 1 unspecified atom stereocenters. The minimum absolute atomic E-state index is 0.0224. The number of nitrogens with zero attached hydrogens (tertiary/aromatic N) is 1. The Morgan fingerprint density at radius 3 is 2.14 bits per heavy atom. The fourth-order valence-electron chi connectivity index (χ4n) is 7.00. The van der Waals surface area contributed by atoms with Crippen LogP contribution in [0.15, 0.2) is 47.4 Å². The average Bonchev–Trinajstić information content (AvgIpc) is 3.37. The van der Waals surface area contributed by atoms with Gasteiger partial charge in [-0.15, -0.1) is 0 Å². The van der Waals surface area contributed by atoms with Crippen molar-refractivity contribution in [1.82, 2.24) is 4.90 Å². The molecule has 0 bridgehead atoms. The Kier molecular flexibility index (Phi) is 7.89. The van der Waals surface area contributed by atoms with E-state index < -0.39 is 55.9 Å². The summed E-state index contributed by atoms with van der Waals surface area (Å²) in [6.45, 7) is 2.63. The normalized spacial score (nSPS) is 24.4. The summed E-state index contributed by atoms with van der Waals surface area (Å²) >= 11 is 0. The molecule has 236 valence electrons. The highest BCUT2D eigenvalue weighted by molar-refractivity contribution is 7.92. The molecule has 14 heteroatoms. The van der Waals surface area contributed by atoms with Crippen LogP contribution in [0, 0.1) is 17.7 Å². The number of rotatable bonds is 5. The van der Waals surface area contributed by atoms with Crippen molar-refractivity contribution < 1.29 is 53.1 Å². The van der Waals surface area contributed by atoms with Gasteiger partial charge < -0.3 is 9.64 Å². The van der Waals surface area contributed by atoms with Gasteiger partial charge >= 0.3 is 18.0 Å². The first kappa shape index (κ1) is 31.7. The summed E-state index contributed by atoms with van der Waals surface area (Å²) in [6, 6.07) is 4.42. The number of carbonyl (C=O) groups excluding carboxylic acids is 1. The van der Waals surface area contributed by atoms with Crippen molar-refractivity contribution in [3.63, 3.8) is 0 Å². The maximum atomic E-state index is 15.0. The first-order chi connectivity index (χ1) is 20.0. The Morgan fingerprint density at radius 1 is 0.953 bits per heavy atom. The van der Waals surface area contributed by atoms with Crippen molar-refractivity contribution in [1.29, 1.82) is 0 Å². The van der Waals surface area contributed by atoms with E-state index in [1.54, 1.807) is 6.92 Å². The van der Waals surface area contributed by atoms with Crippen LogP contribution in [0.3, 0.4) is 0 Å². The highest BCUT2D eigenvalue weighted by Gasteiger charge is 2.74. The number of amides is 1. The van der Waals surface area contributed by atoms with E-state index in [0.29, 0.717) is 38.2 Å². The van der Waals surface area contributed by atoms with Crippen LogP contribution in [0.1, 0.15) is 49.3 Å². The lowest BCUT2D eigenvalue weighted by molar-refractivity contribution is -0.348. The van der Waals surface area contributed by atoms with Gasteiger partial charge in [-0.25, -0.2) is 17.2 Å². The number of sulfone groups is 1. The van der Waals surface area contributed by atoms with Crippen molar-refractivity contribution in [2.45, 2.75) is 72.7 Å². The predicted molar refractivity (Wildman–Crippen MR) is 138 cm³/mol. The van der Waals surface area contributed by atoms with Gasteiger partial charge in [0.25, 0.3) is 0 Å². The molecule has 0 radical (unpaired) electrons. The number of hydrogen-bond acceptors (Lipinski definition) is 4. The molecule has 2 aromatic carbocycles. The number of alkyl halides is 7. The Balaban J connectivity index is 1.65. The molecule has 2 saturated heterocycles. The molecule has 2 aliphatic heterocycles. The van der Waals surface area contributed by atoms with Gasteiger partial charge in [0.2, 0.25) is 5.91 Å². The van der Waals surface area contributed by atoms with Crippen LogP contribution < -0.4 is 0 Å². The van der Waals surface area contributed by atoms with Crippen LogP contribution in [-0.4, -0.2) is 57.4 Å². The molecule has 3 atom stereocenters. The van der Waals surface area contributed by atoms with E-state index in [4.69, 9.17) is 4.74 Å². The smallest absolute Gasteiger partial charge is 0.381 e. The monoisotopic (exact) mass is 639 g/mol. The Morgan fingerprint density at radius 2 is 1.56 bits per heavy atom. The van der Waals surface area contributed by atoms with E-state index in [-0.39, 0.29) is 53.7 Å². The van der Waals surface area contributed by atoms with Crippen molar-refractivity contribution in [2.75, 3.05) is 19.8 Å². The molecule has 1 aliphatic carbocycles. The summed E-state index contributed by atoms with van der Waals surface area (Å²) in [5, 5.41) is 0. The third kappa shape index (κ3) is 4.83. The summed E-state index contributed by atoms with van der Waals surface area (Å²) in [7, 11) is -4.53. The van der Waals surface area contributed by atoms with Crippen LogP contribution in [0.25, 0.3) is 0 Å². The molecule has 0 aromatic heterocycles. The van der Waals surface area contributed by atoms with Gasteiger partial charge in [0.1, 0.15) is 10.6 Å². The fraction of sp³-hybridized carbons (Fsp3) is 0.552. The number of fused-ring (bicyclic) bond motifs is 3. The van der Waals surface area contributed by atoms with Crippen LogP contribution in [0.4, 0.5) is 35.1 Å². The summed E-state index contributed by atoms with van der Waals surface area (Å²) < 4.78 is 142. The maximum Gasteiger partial charge on any atom is 0.435 e. The molecule has 2 heterocycles. The van der Waals surface area contributed by atoms with Crippen molar-refractivity contribution in [3.8, 4) is 0 Å². The second kappa shape index (κ2) is 10.7. The summed E-state index contributed by atoms with van der Waals surface area (Å²) in [6.07, 6.45) is -12.0. The van der Waals surface area contributed by atoms with Gasteiger partial charge in [-0.05, 0) is 73.4 Å². The standard InChI is InChI=1S/C29H29F8NO4S/c1-17(18-10-14-42-15-11-18)25(39)38-13-12-26(43(40,41)22-6-4-21(30)5-7-22)23-8-3-20(16-19(23)2-9-24(26)38)27(31,28(32,33)34)29(35,36)37/h3-8,16-18,24H,2,9-15H2,1H3/t17?,24-,26-/m1/s1. The van der Waals surface area contributed by atoms with Crippen molar-refractivity contribution in [3.05, 3.63) is 65.0 Å². The quantitative estimate of drug-likeness (QED) is 0.281. The second-order valence-corrected chi connectivity index (χ2v) is 13.7. The van der Waals surface area contributed by atoms with Gasteiger partial charge in [0.05, 0.1) is 10.9 Å². The lowest BCUT2D eigenvalue weighted by Crippen LogP contribution is -2.54. The Hall–Kier alpha value is -2.74. The van der Waals surface area contributed by atoms with Gasteiger partial charge in [0, 0.05) is 31.2 Å².